The maximum atomic E-state index is 12.3. The summed E-state index contributed by atoms with van der Waals surface area (Å²) in [6.07, 6.45) is 0. The average Bonchev–Trinajstić information content (AvgIpc) is 1.85. The molecule has 0 aliphatic rings. The summed E-state index contributed by atoms with van der Waals surface area (Å²) in [5.41, 5.74) is 0. The maximum Gasteiger partial charge on any atom is 0.405 e. The molecule has 0 heterocycles. The quantitative estimate of drug-likeness (QED) is 0.360. The molecule has 12 heavy (non-hydrogen) atoms. The van der Waals surface area contributed by atoms with E-state index in [4.69, 9.17) is 0 Å². The van der Waals surface area contributed by atoms with Crippen molar-refractivity contribution in [2.24, 2.45) is 0 Å². The van der Waals surface area contributed by atoms with Crippen LogP contribution in [0.25, 0.3) is 0 Å². The Morgan fingerprint density at radius 1 is 1.67 bits per heavy atom. The second-order valence-corrected chi connectivity index (χ2v) is 1.92. The molecule has 0 atom stereocenters. The highest BCUT2D eigenvalue weighted by molar-refractivity contribution is 5.77. The smallest absolute Gasteiger partial charge is 0.405 e. The van der Waals surface area contributed by atoms with Crippen molar-refractivity contribution < 1.29 is 23.2 Å². The minimum Gasteiger partial charge on any atom is -0.461 e. The van der Waals surface area contributed by atoms with Crippen LogP contribution in [-0.2, 0) is 9.53 Å². The number of nitro groups is 1. The van der Waals surface area contributed by atoms with E-state index in [0.717, 1.165) is 0 Å². The minimum absolute atomic E-state index is 0.230. The van der Waals surface area contributed by atoms with Crippen LogP contribution >= 0.6 is 0 Å². The summed E-state index contributed by atoms with van der Waals surface area (Å²) in [7, 11) is 0. The predicted octanol–water partition coefficient (Wildman–Crippen LogP) is 0.461. The number of ether oxygens (including phenoxy) is 1. The van der Waals surface area contributed by atoms with Crippen LogP contribution in [0.3, 0.4) is 0 Å². The predicted molar refractivity (Wildman–Crippen MR) is 33.4 cm³/mol. The van der Waals surface area contributed by atoms with Gasteiger partial charge < -0.3 is 4.74 Å². The molecule has 0 aliphatic heterocycles. The Morgan fingerprint density at radius 2 is 2.17 bits per heavy atom. The number of carbonyl (C=O) groups excluding carboxylic acids is 1. The lowest BCUT2D eigenvalue weighted by Crippen LogP contribution is -2.37. The van der Waals surface area contributed by atoms with E-state index >= 15 is 0 Å². The van der Waals surface area contributed by atoms with Crippen molar-refractivity contribution in [1.82, 2.24) is 0 Å². The molecule has 0 saturated heterocycles. The SMILES string of the molecule is CCOC(=O)C(F)(F)C[N+](=O)[O-]. The lowest BCUT2D eigenvalue weighted by molar-refractivity contribution is -0.501. The number of nitrogens with zero attached hydrogens (tertiary/aromatic N) is 1. The number of halogens is 2. The number of hydrogen-bond donors (Lipinski definition) is 0. The summed E-state index contributed by atoms with van der Waals surface area (Å²) >= 11 is 0. The van der Waals surface area contributed by atoms with Gasteiger partial charge in [-0.15, -0.1) is 0 Å². The fraction of sp³-hybridized carbons (Fsp3) is 0.800. The molecule has 0 aromatic rings. The van der Waals surface area contributed by atoms with Gasteiger partial charge in [-0.2, -0.15) is 8.78 Å². The third-order valence-corrected chi connectivity index (χ3v) is 0.902. The van der Waals surface area contributed by atoms with Crippen LogP contribution in [-0.4, -0.2) is 30.0 Å². The van der Waals surface area contributed by atoms with Crippen LogP contribution < -0.4 is 0 Å². The van der Waals surface area contributed by atoms with Gasteiger partial charge in [0.25, 0.3) is 6.54 Å². The average molecular weight is 183 g/mol. The van der Waals surface area contributed by atoms with E-state index in [0.29, 0.717) is 0 Å². The molecule has 0 amide bonds. The molecule has 0 aliphatic carbocycles. The molecule has 0 saturated carbocycles. The fourth-order valence-electron chi connectivity index (χ4n) is 0.463. The molecule has 5 nitrogen and oxygen atoms in total. The number of carbonyl (C=O) groups is 1. The van der Waals surface area contributed by atoms with Gasteiger partial charge in [-0.25, -0.2) is 4.79 Å². The molecule has 0 unspecified atom stereocenters. The van der Waals surface area contributed by atoms with Crippen LogP contribution in [0.2, 0.25) is 0 Å². The molecule has 0 spiro atoms. The summed E-state index contributed by atoms with van der Waals surface area (Å²) in [5, 5.41) is 9.64. The molecular formula is C5H7F2NO4. The second kappa shape index (κ2) is 3.93. The molecule has 0 radical (unpaired) electrons. The van der Waals surface area contributed by atoms with Gasteiger partial charge in [0.05, 0.1) is 6.61 Å². The Kier molecular flexibility index (Phi) is 3.52. The number of rotatable bonds is 4. The lowest BCUT2D eigenvalue weighted by atomic mass is 10.3. The first kappa shape index (κ1) is 10.7. The summed E-state index contributed by atoms with van der Waals surface area (Å²) < 4.78 is 28.6. The maximum absolute atomic E-state index is 12.3. The molecule has 0 rings (SSSR count). The van der Waals surface area contributed by atoms with Crippen molar-refractivity contribution in [3.05, 3.63) is 10.1 Å². The molecular weight excluding hydrogens is 176 g/mol. The minimum atomic E-state index is -4.03. The highest BCUT2D eigenvalue weighted by Gasteiger charge is 2.46. The summed E-state index contributed by atoms with van der Waals surface area (Å²) in [6, 6.07) is 0. The third-order valence-electron chi connectivity index (χ3n) is 0.902. The largest absolute Gasteiger partial charge is 0.461 e. The van der Waals surface area contributed by atoms with Crippen LogP contribution in [0.4, 0.5) is 8.78 Å². The van der Waals surface area contributed by atoms with Gasteiger partial charge in [0.15, 0.2) is 0 Å². The zero-order valence-electron chi connectivity index (χ0n) is 6.25. The van der Waals surface area contributed by atoms with Crippen molar-refractivity contribution in [1.29, 1.82) is 0 Å². The molecule has 0 fully saturated rings. The third kappa shape index (κ3) is 3.22. The fourth-order valence-corrected chi connectivity index (χ4v) is 0.463. The number of esters is 1. The van der Waals surface area contributed by atoms with Gasteiger partial charge in [-0.3, -0.25) is 10.1 Å². The van der Waals surface area contributed by atoms with Crippen LogP contribution in [0.5, 0.6) is 0 Å². The van der Waals surface area contributed by atoms with E-state index in [9.17, 15) is 23.7 Å². The second-order valence-electron chi connectivity index (χ2n) is 1.92. The monoisotopic (exact) mass is 183 g/mol. The van der Waals surface area contributed by atoms with E-state index in [1.165, 1.54) is 6.92 Å². The molecule has 0 N–H and O–H groups in total. The number of alkyl halides is 2. The van der Waals surface area contributed by atoms with Crippen molar-refractivity contribution in [2.75, 3.05) is 13.2 Å². The Bertz CT molecular complexity index is 194. The van der Waals surface area contributed by atoms with Crippen LogP contribution in [0, 0.1) is 10.1 Å². The van der Waals surface area contributed by atoms with E-state index < -0.39 is 23.4 Å². The van der Waals surface area contributed by atoms with Crippen molar-refractivity contribution in [3.8, 4) is 0 Å². The summed E-state index contributed by atoms with van der Waals surface area (Å²) in [4.78, 5) is 18.7. The van der Waals surface area contributed by atoms with Gasteiger partial charge in [-0.1, -0.05) is 0 Å². The Balaban J connectivity index is 4.18. The van der Waals surface area contributed by atoms with E-state index in [2.05, 4.69) is 4.74 Å². The Morgan fingerprint density at radius 3 is 2.50 bits per heavy atom. The first-order valence-electron chi connectivity index (χ1n) is 3.07. The van der Waals surface area contributed by atoms with E-state index in [-0.39, 0.29) is 6.61 Å². The molecule has 7 heteroatoms. The highest BCUT2D eigenvalue weighted by Crippen LogP contribution is 2.15. The molecule has 0 bridgehead atoms. The van der Waals surface area contributed by atoms with Gasteiger partial charge >= 0.3 is 11.9 Å². The Hall–Kier alpha value is -1.27. The first-order valence-corrected chi connectivity index (χ1v) is 3.07. The zero-order valence-corrected chi connectivity index (χ0v) is 6.25. The first-order chi connectivity index (χ1) is 5.40. The van der Waals surface area contributed by atoms with E-state index in [1.807, 2.05) is 0 Å². The van der Waals surface area contributed by atoms with Gasteiger partial charge in [-0.05, 0) is 6.92 Å². The highest BCUT2D eigenvalue weighted by atomic mass is 19.3. The molecule has 0 aromatic heterocycles. The normalized spacial score (nSPS) is 10.9. The Labute approximate surface area is 66.5 Å². The van der Waals surface area contributed by atoms with Crippen LogP contribution in [0.1, 0.15) is 6.92 Å². The van der Waals surface area contributed by atoms with Crippen molar-refractivity contribution in [2.45, 2.75) is 12.8 Å². The molecule has 70 valence electrons. The van der Waals surface area contributed by atoms with Gasteiger partial charge in [0.2, 0.25) is 0 Å². The molecule has 0 aromatic carbocycles. The van der Waals surface area contributed by atoms with Crippen molar-refractivity contribution >= 4 is 5.97 Å². The topological polar surface area (TPSA) is 69.4 Å². The van der Waals surface area contributed by atoms with Gasteiger partial charge in [0.1, 0.15) is 0 Å². The summed E-state index contributed by atoms with van der Waals surface area (Å²) in [5.74, 6) is -5.89. The van der Waals surface area contributed by atoms with Gasteiger partial charge in [0, 0.05) is 4.92 Å². The zero-order chi connectivity index (χ0) is 9.78. The lowest BCUT2D eigenvalue weighted by Gasteiger charge is -2.09. The van der Waals surface area contributed by atoms with Crippen LogP contribution in [0.15, 0.2) is 0 Å². The van der Waals surface area contributed by atoms with Crippen molar-refractivity contribution in [3.63, 3.8) is 0 Å². The van der Waals surface area contributed by atoms with E-state index in [1.54, 1.807) is 0 Å². The number of hydrogen-bond acceptors (Lipinski definition) is 4. The standard InChI is InChI=1S/C5H7F2NO4/c1-2-12-4(9)5(6,7)3-8(10)11/h2-3H2,1H3. The summed E-state index contributed by atoms with van der Waals surface area (Å²) in [6.45, 7) is -0.627.